The Labute approximate surface area is 324 Å². The van der Waals surface area contributed by atoms with E-state index in [0.29, 0.717) is 34.0 Å². The number of amidine groups is 3. The number of nitrogens with one attached hydrogen (secondary N) is 5. The number of anilines is 1. The van der Waals surface area contributed by atoms with Gasteiger partial charge in [-0.1, -0.05) is 27.7 Å². The molecule has 306 valence electrons. The highest BCUT2D eigenvalue weighted by Crippen LogP contribution is 2.37. The summed E-state index contributed by atoms with van der Waals surface area (Å²) in [6.07, 6.45) is 0.0592. The number of halogens is 2. The fraction of sp³-hybridized carbons (Fsp3) is 0.447. The van der Waals surface area contributed by atoms with E-state index in [1.807, 2.05) is 20.8 Å². The van der Waals surface area contributed by atoms with E-state index in [1.54, 1.807) is 31.2 Å². The highest BCUT2D eigenvalue weighted by molar-refractivity contribution is 6.48. The first kappa shape index (κ1) is 46.4. The number of aliphatic imine (C=N–C) groups is 1. The number of hydrogen-bond donors (Lipinski definition) is 8. The number of carbonyl (C=O) groups excluding carboxylic acids is 4. The topological polar surface area (TPSA) is 241 Å². The van der Waals surface area contributed by atoms with Crippen molar-refractivity contribution in [3.05, 3.63) is 65.4 Å². The first-order valence-corrected chi connectivity index (χ1v) is 17.8. The summed E-state index contributed by atoms with van der Waals surface area (Å²) in [6, 6.07) is 8.85. The number of amides is 4. The van der Waals surface area contributed by atoms with E-state index in [0.717, 1.165) is 23.6 Å². The molecule has 1 heterocycles. The molecular formula is C38H52F2N8O8. The van der Waals surface area contributed by atoms with E-state index in [-0.39, 0.29) is 59.6 Å². The average Bonchev–Trinajstić information content (AvgIpc) is 3.45. The van der Waals surface area contributed by atoms with Crippen LogP contribution in [0.15, 0.2) is 53.7 Å². The van der Waals surface area contributed by atoms with Gasteiger partial charge in [-0.2, -0.15) is 0 Å². The number of hydrogen-bond acceptors (Lipinski definition) is 11. The van der Waals surface area contributed by atoms with Crippen molar-refractivity contribution >= 4 is 47.8 Å². The lowest BCUT2D eigenvalue weighted by Crippen LogP contribution is -2.46. The van der Waals surface area contributed by atoms with Gasteiger partial charge >= 0.3 is 0 Å². The number of nitrogens with zero attached hydrogens (tertiary/aromatic N) is 3. The van der Waals surface area contributed by atoms with Gasteiger partial charge in [-0.05, 0) is 74.1 Å². The molecule has 3 unspecified atom stereocenters. The van der Waals surface area contributed by atoms with E-state index >= 15 is 0 Å². The van der Waals surface area contributed by atoms with Gasteiger partial charge in [-0.25, -0.2) is 8.78 Å². The minimum absolute atomic E-state index is 0.000366. The second kappa shape index (κ2) is 21.4. The monoisotopic (exact) mass is 786 g/mol. The van der Waals surface area contributed by atoms with Crippen molar-refractivity contribution in [2.45, 2.75) is 84.6 Å². The van der Waals surface area contributed by atoms with Crippen LogP contribution in [0.25, 0.3) is 0 Å². The Hall–Kier alpha value is -5.75. The Kier molecular flexibility index (Phi) is 17.7. The van der Waals surface area contributed by atoms with Crippen molar-refractivity contribution in [3.8, 4) is 11.5 Å². The van der Waals surface area contributed by atoms with E-state index in [2.05, 4.69) is 34.8 Å². The van der Waals surface area contributed by atoms with Crippen molar-refractivity contribution in [3.63, 3.8) is 0 Å². The molecular weight excluding hydrogens is 734 g/mol. The number of phenols is 2. The molecule has 0 aliphatic carbocycles. The molecule has 56 heavy (non-hydrogen) atoms. The number of alkyl halides is 2. The largest absolute Gasteiger partial charge is 0.508 e. The zero-order valence-corrected chi connectivity index (χ0v) is 32.5. The predicted molar refractivity (Wildman–Crippen MR) is 207 cm³/mol. The third-order valence-corrected chi connectivity index (χ3v) is 8.24. The molecule has 8 N–H and O–H groups in total. The number of rotatable bonds is 14. The summed E-state index contributed by atoms with van der Waals surface area (Å²) in [7, 11) is 1.38. The SMILES string of the molecule is CCNC(=O)C(=N)N(C(=N)c1cc(C(C)C)c(O)cc1O)c1ccc(C(=O)NC(C)CC(C)C)cc1.CN=C(/C=C\N(C=O)C1OC(CO)CC1(F)F)NC=O. The molecule has 1 aliphatic rings. The van der Waals surface area contributed by atoms with Crippen LogP contribution in [0.3, 0.4) is 0 Å². The van der Waals surface area contributed by atoms with Crippen LogP contribution in [0, 0.1) is 16.7 Å². The molecule has 16 nitrogen and oxygen atoms in total. The normalized spacial score (nSPS) is 16.8. The van der Waals surface area contributed by atoms with E-state index in [4.69, 9.17) is 20.7 Å². The number of aromatic hydroxyl groups is 2. The molecule has 0 saturated carbocycles. The molecule has 3 atom stereocenters. The van der Waals surface area contributed by atoms with Crippen LogP contribution >= 0.6 is 0 Å². The van der Waals surface area contributed by atoms with Gasteiger partial charge in [0.15, 0.2) is 5.84 Å². The van der Waals surface area contributed by atoms with Gasteiger partial charge in [0, 0.05) is 49.6 Å². The van der Waals surface area contributed by atoms with Crippen molar-refractivity contribution in [1.29, 1.82) is 10.8 Å². The van der Waals surface area contributed by atoms with Crippen LogP contribution in [-0.2, 0) is 19.1 Å². The quantitative estimate of drug-likeness (QED) is 0.0788. The van der Waals surface area contributed by atoms with Gasteiger partial charge in [0.2, 0.25) is 19.0 Å². The van der Waals surface area contributed by atoms with E-state index in [1.165, 1.54) is 19.2 Å². The van der Waals surface area contributed by atoms with Crippen LogP contribution < -0.4 is 20.9 Å². The maximum Gasteiger partial charge on any atom is 0.294 e. The first-order chi connectivity index (χ1) is 26.3. The lowest BCUT2D eigenvalue weighted by molar-refractivity contribution is -0.154. The molecule has 4 amide bonds. The van der Waals surface area contributed by atoms with E-state index < -0.39 is 43.0 Å². The zero-order chi connectivity index (χ0) is 42.3. The third kappa shape index (κ3) is 12.7. The smallest absolute Gasteiger partial charge is 0.294 e. The standard InChI is InChI=1S/C27H37N5O4.C11H15F2N3O4/c1-7-30-27(36)25(29)32(24(28)21-13-20(16(4)5)22(33)14-23(21)34)19-10-8-18(9-11-19)26(35)31-17(6)12-15(2)3;1-14-9(15-6-18)2-3-16(7-19)10-11(12,13)4-8(5-17)20-10/h8-11,13-17,28-29,33-34H,7,12H2,1-6H3,(H,30,36)(H,31,35);2-3,6-8,10,17H,4-5H2,1H3,(H,14,15,18)/b;3-2-. The number of ether oxygens (including phenoxy) is 1. The summed E-state index contributed by atoms with van der Waals surface area (Å²) in [5.74, 6) is -5.10. The van der Waals surface area contributed by atoms with Crippen molar-refractivity contribution in [2.24, 2.45) is 10.9 Å². The molecule has 18 heteroatoms. The maximum atomic E-state index is 13.7. The minimum Gasteiger partial charge on any atom is -0.508 e. The Morgan fingerprint density at radius 3 is 2.21 bits per heavy atom. The highest BCUT2D eigenvalue weighted by Gasteiger charge is 2.52. The summed E-state index contributed by atoms with van der Waals surface area (Å²) in [4.78, 5) is 51.7. The summed E-state index contributed by atoms with van der Waals surface area (Å²) >= 11 is 0. The molecule has 0 aromatic heterocycles. The lowest BCUT2D eigenvalue weighted by atomic mass is 9.98. The number of aliphatic hydroxyl groups is 1. The first-order valence-electron chi connectivity index (χ1n) is 17.8. The van der Waals surface area contributed by atoms with Crippen molar-refractivity contribution < 1.29 is 48.0 Å². The van der Waals surface area contributed by atoms with Gasteiger partial charge < -0.3 is 36.0 Å². The van der Waals surface area contributed by atoms with Crippen LogP contribution in [0.4, 0.5) is 14.5 Å². The maximum absolute atomic E-state index is 13.7. The van der Waals surface area contributed by atoms with Gasteiger partial charge in [0.25, 0.3) is 17.7 Å². The average molecular weight is 787 g/mol. The molecule has 1 fully saturated rings. The molecule has 0 radical (unpaired) electrons. The van der Waals surface area contributed by atoms with E-state index in [9.17, 15) is 38.2 Å². The highest BCUT2D eigenvalue weighted by atomic mass is 19.3. The Balaban J connectivity index is 0.000000457. The molecule has 2 aromatic rings. The number of benzene rings is 2. The number of likely N-dealkylation sites (N-methyl/N-ethyl adjacent to an activating group) is 1. The molecule has 0 spiro atoms. The van der Waals surface area contributed by atoms with Crippen LogP contribution in [0.5, 0.6) is 11.5 Å². The minimum atomic E-state index is -3.28. The lowest BCUT2D eigenvalue weighted by Gasteiger charge is -2.26. The summed E-state index contributed by atoms with van der Waals surface area (Å²) in [5.41, 5.74) is 1.26. The van der Waals surface area contributed by atoms with Gasteiger partial charge in [-0.3, -0.25) is 44.8 Å². The zero-order valence-electron chi connectivity index (χ0n) is 32.5. The number of phenolic OH excluding ortho intramolecular Hbond substituents is 2. The van der Waals surface area contributed by atoms with Gasteiger partial charge in [-0.15, -0.1) is 0 Å². The fourth-order valence-corrected chi connectivity index (χ4v) is 5.62. The van der Waals surface area contributed by atoms with Crippen LogP contribution in [0.2, 0.25) is 0 Å². The molecule has 1 aliphatic heterocycles. The Morgan fingerprint density at radius 2 is 1.71 bits per heavy atom. The van der Waals surface area contributed by atoms with Gasteiger partial charge in [0.05, 0.1) is 18.3 Å². The van der Waals surface area contributed by atoms with Crippen LogP contribution in [0.1, 0.15) is 81.8 Å². The second-order valence-corrected chi connectivity index (χ2v) is 13.5. The summed E-state index contributed by atoms with van der Waals surface area (Å²) in [6.45, 7) is 11.3. The number of carbonyl (C=O) groups is 4. The Morgan fingerprint density at radius 1 is 1.07 bits per heavy atom. The summed E-state index contributed by atoms with van der Waals surface area (Å²) in [5, 5.41) is 54.6. The third-order valence-electron chi connectivity index (χ3n) is 8.24. The van der Waals surface area contributed by atoms with Gasteiger partial charge in [0.1, 0.15) is 23.2 Å². The second-order valence-electron chi connectivity index (χ2n) is 13.5. The predicted octanol–water partition coefficient (Wildman–Crippen LogP) is 3.81. The Bertz CT molecular complexity index is 1770. The molecule has 2 aromatic carbocycles. The number of aliphatic hydroxyl groups excluding tert-OH is 1. The molecule has 3 rings (SSSR count). The van der Waals surface area contributed by atoms with Crippen molar-refractivity contribution in [2.75, 3.05) is 25.1 Å². The molecule has 0 bridgehead atoms. The van der Waals surface area contributed by atoms with Crippen LogP contribution in [-0.4, -0.2) is 107 Å². The van der Waals surface area contributed by atoms with Crippen molar-refractivity contribution in [1.82, 2.24) is 20.9 Å². The summed E-state index contributed by atoms with van der Waals surface area (Å²) < 4.78 is 32.2. The molecule has 1 saturated heterocycles. The fourth-order valence-electron chi connectivity index (χ4n) is 5.62.